The molecule has 3 rings (SSSR count). The Morgan fingerprint density at radius 1 is 1.09 bits per heavy atom. The number of rotatable bonds is 7. The Morgan fingerprint density at radius 3 is 2.34 bits per heavy atom. The van der Waals surface area contributed by atoms with Crippen LogP contribution in [0.4, 0.5) is 13.2 Å². The van der Waals surface area contributed by atoms with Crippen LogP contribution >= 0.6 is 23.2 Å². The van der Waals surface area contributed by atoms with Gasteiger partial charge in [0.1, 0.15) is 12.2 Å². The number of oxime groups is 1. The molecule has 1 unspecified atom stereocenters. The molecule has 2 aromatic carbocycles. The normalized spacial score (nSPS) is 18.3. The number of alkyl halides is 3. The quantitative estimate of drug-likeness (QED) is 0.404. The average molecular weight is 486 g/mol. The summed E-state index contributed by atoms with van der Waals surface area (Å²) in [5.41, 5.74) is 2.44. The topological polar surface area (TPSA) is 55.7 Å². The number of Topliss-reactive ketones (excluding diaryl/α,β-unsaturated/α-hetero) is 2. The minimum Gasteiger partial charge on any atom is -0.384 e. The third-order valence-electron chi connectivity index (χ3n) is 5.22. The van der Waals surface area contributed by atoms with Crippen molar-refractivity contribution < 1.29 is 27.6 Å². The number of halogens is 5. The molecule has 9 heteroatoms. The molecule has 4 nitrogen and oxygen atoms in total. The first-order valence-electron chi connectivity index (χ1n) is 9.80. The highest BCUT2D eigenvalue weighted by Crippen LogP contribution is 2.38. The number of ketones is 2. The standard InChI is InChI=1S/C23H20Cl2F3NO3/c1-13-7-14(3-5-19(13)21(31)6-4-18(30)11-23(26,27)28)20-12-22(2,32-29-20)15-8-16(24)10-17(25)9-15/h3,5,7-10H,4,6,11-12H2,1-2H3. The van der Waals surface area contributed by atoms with Crippen LogP contribution in [0.2, 0.25) is 10.0 Å². The lowest BCUT2D eigenvalue weighted by atomic mass is 9.88. The molecule has 0 amide bonds. The molecule has 0 N–H and O–H groups in total. The molecule has 0 aliphatic carbocycles. The van der Waals surface area contributed by atoms with Crippen molar-refractivity contribution in [3.63, 3.8) is 0 Å². The molecule has 0 saturated carbocycles. The average Bonchev–Trinajstić information content (AvgIpc) is 3.07. The molecule has 0 saturated heterocycles. The number of benzene rings is 2. The van der Waals surface area contributed by atoms with Gasteiger partial charge in [0.25, 0.3) is 0 Å². The molecule has 1 aliphatic heterocycles. The van der Waals surface area contributed by atoms with Crippen molar-refractivity contribution in [2.45, 2.75) is 51.3 Å². The zero-order chi connectivity index (χ0) is 23.7. The van der Waals surface area contributed by atoms with Crippen LogP contribution in [0.15, 0.2) is 41.6 Å². The maximum atomic E-state index is 12.4. The van der Waals surface area contributed by atoms with E-state index in [9.17, 15) is 22.8 Å². The second kappa shape index (κ2) is 9.24. The fraction of sp³-hybridized carbons (Fsp3) is 0.348. The summed E-state index contributed by atoms with van der Waals surface area (Å²) in [5, 5.41) is 5.17. The predicted octanol–water partition coefficient (Wildman–Crippen LogP) is 6.83. The van der Waals surface area contributed by atoms with Crippen molar-refractivity contribution in [2.24, 2.45) is 5.16 Å². The summed E-state index contributed by atoms with van der Waals surface area (Å²) in [6, 6.07) is 10.2. The van der Waals surface area contributed by atoms with Gasteiger partial charge in [-0.05, 0) is 49.2 Å². The first kappa shape index (κ1) is 24.3. The fourth-order valence-electron chi connectivity index (χ4n) is 3.56. The van der Waals surface area contributed by atoms with Gasteiger partial charge in [0.05, 0.1) is 5.71 Å². The van der Waals surface area contributed by atoms with Crippen LogP contribution in [0.5, 0.6) is 0 Å². The van der Waals surface area contributed by atoms with Gasteiger partial charge in [-0.25, -0.2) is 0 Å². The molecule has 0 spiro atoms. The molecule has 1 aliphatic rings. The van der Waals surface area contributed by atoms with Crippen LogP contribution in [0.3, 0.4) is 0 Å². The molecule has 170 valence electrons. The SMILES string of the molecule is Cc1cc(C2=NOC(C)(c3cc(Cl)cc(Cl)c3)C2)ccc1C(=O)CCC(=O)CC(F)(F)F. The lowest BCUT2D eigenvalue weighted by Gasteiger charge is -2.22. The smallest absolute Gasteiger partial charge is 0.384 e. The third kappa shape index (κ3) is 5.90. The summed E-state index contributed by atoms with van der Waals surface area (Å²) in [4.78, 5) is 29.5. The van der Waals surface area contributed by atoms with Gasteiger partial charge in [0.2, 0.25) is 0 Å². The zero-order valence-electron chi connectivity index (χ0n) is 17.4. The third-order valence-corrected chi connectivity index (χ3v) is 5.66. The Kier molecular flexibility index (Phi) is 7.00. The minimum atomic E-state index is -4.56. The Morgan fingerprint density at radius 2 is 1.75 bits per heavy atom. The van der Waals surface area contributed by atoms with Gasteiger partial charge in [-0.15, -0.1) is 0 Å². The summed E-state index contributed by atoms with van der Waals surface area (Å²) in [5.74, 6) is -1.38. The number of hydrogen-bond acceptors (Lipinski definition) is 4. The Labute approximate surface area is 193 Å². The van der Waals surface area contributed by atoms with E-state index in [-0.39, 0.29) is 12.2 Å². The molecule has 32 heavy (non-hydrogen) atoms. The van der Waals surface area contributed by atoms with E-state index in [2.05, 4.69) is 5.16 Å². The van der Waals surface area contributed by atoms with E-state index in [1.165, 1.54) is 0 Å². The molecular weight excluding hydrogens is 466 g/mol. The number of carbonyl (C=O) groups is 2. The first-order valence-corrected chi connectivity index (χ1v) is 10.6. The van der Waals surface area contributed by atoms with Crippen molar-refractivity contribution in [1.82, 2.24) is 0 Å². The van der Waals surface area contributed by atoms with E-state index >= 15 is 0 Å². The molecule has 0 radical (unpaired) electrons. The lowest BCUT2D eigenvalue weighted by molar-refractivity contribution is -0.152. The van der Waals surface area contributed by atoms with Crippen molar-refractivity contribution in [2.75, 3.05) is 0 Å². The van der Waals surface area contributed by atoms with Gasteiger partial charge < -0.3 is 4.84 Å². The lowest BCUT2D eigenvalue weighted by Crippen LogP contribution is -2.22. The van der Waals surface area contributed by atoms with E-state index in [0.29, 0.717) is 33.3 Å². The Hall–Kier alpha value is -2.38. The van der Waals surface area contributed by atoms with Crippen LogP contribution < -0.4 is 0 Å². The summed E-state index contributed by atoms with van der Waals surface area (Å²) in [7, 11) is 0. The minimum absolute atomic E-state index is 0.271. The maximum absolute atomic E-state index is 12.4. The van der Waals surface area contributed by atoms with Crippen LogP contribution in [0.1, 0.15) is 59.7 Å². The summed E-state index contributed by atoms with van der Waals surface area (Å²) in [6.45, 7) is 3.59. The zero-order valence-corrected chi connectivity index (χ0v) is 18.9. The van der Waals surface area contributed by atoms with Gasteiger partial charge >= 0.3 is 6.18 Å². The molecule has 2 aromatic rings. The van der Waals surface area contributed by atoms with Gasteiger partial charge in [0.15, 0.2) is 11.4 Å². The summed E-state index contributed by atoms with van der Waals surface area (Å²) < 4.78 is 36.8. The van der Waals surface area contributed by atoms with Crippen LogP contribution in [-0.2, 0) is 15.2 Å². The number of nitrogens with zero attached hydrogens (tertiary/aromatic N) is 1. The Balaban J connectivity index is 1.69. The highest BCUT2D eigenvalue weighted by molar-refractivity contribution is 6.34. The fourth-order valence-corrected chi connectivity index (χ4v) is 4.09. The second-order valence-corrected chi connectivity index (χ2v) is 8.85. The number of aryl methyl sites for hydroxylation is 1. The molecule has 1 atom stereocenters. The number of hydrogen-bond donors (Lipinski definition) is 0. The monoisotopic (exact) mass is 485 g/mol. The van der Waals surface area contributed by atoms with E-state index in [1.54, 1.807) is 43.3 Å². The summed E-state index contributed by atoms with van der Waals surface area (Å²) >= 11 is 12.2. The maximum Gasteiger partial charge on any atom is 0.395 e. The van der Waals surface area contributed by atoms with Crippen LogP contribution in [0, 0.1) is 6.92 Å². The molecule has 1 heterocycles. The van der Waals surface area contributed by atoms with Gasteiger partial charge in [0, 0.05) is 40.4 Å². The molecule has 0 fully saturated rings. The van der Waals surface area contributed by atoms with Crippen LogP contribution in [0.25, 0.3) is 0 Å². The highest BCUT2D eigenvalue weighted by atomic mass is 35.5. The highest BCUT2D eigenvalue weighted by Gasteiger charge is 2.37. The molecule has 0 aromatic heterocycles. The van der Waals surface area contributed by atoms with Gasteiger partial charge in [-0.2, -0.15) is 13.2 Å². The van der Waals surface area contributed by atoms with Crippen molar-refractivity contribution in [3.05, 3.63) is 68.7 Å². The van der Waals surface area contributed by atoms with Gasteiger partial charge in [-0.1, -0.05) is 40.5 Å². The van der Waals surface area contributed by atoms with Gasteiger partial charge in [-0.3, -0.25) is 9.59 Å². The van der Waals surface area contributed by atoms with Crippen molar-refractivity contribution >= 4 is 40.5 Å². The van der Waals surface area contributed by atoms with E-state index < -0.39 is 30.4 Å². The Bertz CT molecular complexity index is 1080. The second-order valence-electron chi connectivity index (χ2n) is 7.98. The molecular formula is C23H20Cl2F3NO3. The van der Waals surface area contributed by atoms with Crippen molar-refractivity contribution in [3.8, 4) is 0 Å². The predicted molar refractivity (Wildman–Crippen MR) is 116 cm³/mol. The molecule has 0 bridgehead atoms. The van der Waals surface area contributed by atoms with Crippen LogP contribution in [-0.4, -0.2) is 23.5 Å². The first-order chi connectivity index (χ1) is 14.9. The van der Waals surface area contributed by atoms with E-state index in [1.807, 2.05) is 6.92 Å². The van der Waals surface area contributed by atoms with Crippen molar-refractivity contribution in [1.29, 1.82) is 0 Å². The number of carbonyl (C=O) groups excluding carboxylic acids is 2. The largest absolute Gasteiger partial charge is 0.395 e. The van der Waals surface area contributed by atoms with E-state index in [0.717, 1.165) is 11.1 Å². The van der Waals surface area contributed by atoms with E-state index in [4.69, 9.17) is 28.0 Å². The summed E-state index contributed by atoms with van der Waals surface area (Å²) in [6.07, 6.45) is -6.35.